The van der Waals surface area contributed by atoms with Crippen LogP contribution in [0.3, 0.4) is 0 Å². The molecule has 0 aromatic heterocycles. The molecule has 3 heteroatoms. The van der Waals surface area contributed by atoms with Crippen molar-refractivity contribution in [3.63, 3.8) is 0 Å². The van der Waals surface area contributed by atoms with Crippen molar-refractivity contribution >= 4 is 11.7 Å². The highest BCUT2D eigenvalue weighted by Gasteiger charge is 2.08. The van der Waals surface area contributed by atoms with Gasteiger partial charge in [-0.15, -0.1) is 0 Å². The molecule has 0 unspecified atom stereocenters. The average Bonchev–Trinajstić information content (AvgIpc) is 2.18. The highest BCUT2D eigenvalue weighted by atomic mass is 16.5. The van der Waals surface area contributed by atoms with Gasteiger partial charge in [-0.05, 0) is 31.5 Å². The van der Waals surface area contributed by atoms with Gasteiger partial charge in [-0.3, -0.25) is 0 Å². The Morgan fingerprint density at radius 3 is 2.73 bits per heavy atom. The summed E-state index contributed by atoms with van der Waals surface area (Å²) < 4.78 is 5.26. The number of carbonyl (C=O) groups is 1. The Morgan fingerprint density at radius 1 is 1.53 bits per heavy atom. The van der Waals surface area contributed by atoms with Gasteiger partial charge >= 0.3 is 5.97 Å². The molecule has 3 nitrogen and oxygen atoms in total. The van der Waals surface area contributed by atoms with Crippen LogP contribution in [0.5, 0.6) is 0 Å². The lowest BCUT2D eigenvalue weighted by molar-refractivity contribution is 0.0697. The number of rotatable bonds is 4. The first-order valence-corrected chi connectivity index (χ1v) is 4.72. The lowest BCUT2D eigenvalue weighted by Gasteiger charge is -2.10. The molecule has 1 aromatic carbocycles. The molecule has 15 heavy (non-hydrogen) atoms. The second-order valence-electron chi connectivity index (χ2n) is 3.19. The number of benzene rings is 1. The Balaban J connectivity index is 3.10. The van der Waals surface area contributed by atoms with Crippen LogP contribution in [0.15, 0.2) is 24.8 Å². The van der Waals surface area contributed by atoms with Crippen LogP contribution in [0.25, 0.3) is 5.76 Å². The molecule has 1 N–H and O–H groups in total. The van der Waals surface area contributed by atoms with Crippen molar-refractivity contribution in [2.24, 2.45) is 0 Å². The first-order chi connectivity index (χ1) is 7.06. The van der Waals surface area contributed by atoms with Crippen LogP contribution < -0.4 is 0 Å². The van der Waals surface area contributed by atoms with E-state index < -0.39 is 5.97 Å². The molecule has 0 saturated carbocycles. The van der Waals surface area contributed by atoms with Gasteiger partial charge < -0.3 is 9.84 Å². The standard InChI is InChI=1S/C12H14O3/c1-4-15-9(3)11-7-10(12(13)14)6-5-8(11)2/h5-7H,3-4H2,1-2H3,(H,13,14). The van der Waals surface area contributed by atoms with Crippen LogP contribution in [0.1, 0.15) is 28.4 Å². The Morgan fingerprint density at radius 2 is 2.20 bits per heavy atom. The van der Waals surface area contributed by atoms with Crippen molar-refractivity contribution in [1.29, 1.82) is 0 Å². The van der Waals surface area contributed by atoms with E-state index in [4.69, 9.17) is 9.84 Å². The van der Waals surface area contributed by atoms with Crippen molar-refractivity contribution in [2.45, 2.75) is 13.8 Å². The summed E-state index contributed by atoms with van der Waals surface area (Å²) in [6.45, 7) is 8.04. The predicted octanol–water partition coefficient (Wildman–Crippen LogP) is 2.70. The Hall–Kier alpha value is -1.77. The first kappa shape index (κ1) is 11.3. The highest BCUT2D eigenvalue weighted by molar-refractivity contribution is 5.88. The molecular weight excluding hydrogens is 192 g/mol. The summed E-state index contributed by atoms with van der Waals surface area (Å²) in [5.41, 5.74) is 1.95. The molecule has 0 spiro atoms. The maximum atomic E-state index is 10.8. The van der Waals surface area contributed by atoms with Crippen LogP contribution in [0.2, 0.25) is 0 Å². The number of ether oxygens (including phenoxy) is 1. The number of carboxylic acid groups (broad SMARTS) is 1. The van der Waals surface area contributed by atoms with Gasteiger partial charge in [-0.25, -0.2) is 4.79 Å². The zero-order valence-electron chi connectivity index (χ0n) is 8.91. The Bertz CT molecular complexity index is 394. The number of hydrogen-bond acceptors (Lipinski definition) is 2. The summed E-state index contributed by atoms with van der Waals surface area (Å²) >= 11 is 0. The molecule has 0 saturated heterocycles. The average molecular weight is 206 g/mol. The summed E-state index contributed by atoms with van der Waals surface area (Å²) in [4.78, 5) is 10.8. The molecule has 0 amide bonds. The lowest BCUT2D eigenvalue weighted by atomic mass is 10.0. The fraction of sp³-hybridized carbons (Fsp3) is 0.250. The minimum atomic E-state index is -0.944. The molecule has 0 radical (unpaired) electrons. The molecule has 0 atom stereocenters. The second kappa shape index (κ2) is 4.64. The first-order valence-electron chi connectivity index (χ1n) is 4.72. The van der Waals surface area contributed by atoms with Gasteiger partial charge in [0.15, 0.2) is 0 Å². The van der Waals surface area contributed by atoms with E-state index in [1.807, 2.05) is 13.8 Å². The summed E-state index contributed by atoms with van der Waals surface area (Å²) in [5.74, 6) is -0.432. The van der Waals surface area contributed by atoms with E-state index in [0.29, 0.717) is 12.4 Å². The van der Waals surface area contributed by atoms with Gasteiger partial charge in [0, 0.05) is 5.56 Å². The molecule has 0 aliphatic carbocycles. The largest absolute Gasteiger partial charge is 0.494 e. The highest BCUT2D eigenvalue weighted by Crippen LogP contribution is 2.20. The molecular formula is C12H14O3. The van der Waals surface area contributed by atoms with Gasteiger partial charge in [0.2, 0.25) is 0 Å². The molecule has 0 bridgehead atoms. The number of aromatic carboxylic acids is 1. The molecule has 0 aliphatic heterocycles. The molecule has 0 heterocycles. The third kappa shape index (κ3) is 2.59. The second-order valence-corrected chi connectivity index (χ2v) is 3.19. The van der Waals surface area contributed by atoms with Gasteiger partial charge in [-0.2, -0.15) is 0 Å². The fourth-order valence-corrected chi connectivity index (χ4v) is 1.31. The van der Waals surface area contributed by atoms with Crippen molar-refractivity contribution in [3.8, 4) is 0 Å². The third-order valence-corrected chi connectivity index (χ3v) is 2.10. The number of hydrogen-bond donors (Lipinski definition) is 1. The predicted molar refractivity (Wildman–Crippen MR) is 58.8 cm³/mol. The SMILES string of the molecule is C=C(OCC)c1cc(C(=O)O)ccc1C. The molecule has 80 valence electrons. The number of aryl methyl sites for hydroxylation is 1. The molecule has 0 fully saturated rings. The molecule has 1 rings (SSSR count). The van der Waals surface area contributed by atoms with E-state index >= 15 is 0 Å². The zero-order chi connectivity index (χ0) is 11.4. The Labute approximate surface area is 89.0 Å². The van der Waals surface area contributed by atoms with Crippen LogP contribution >= 0.6 is 0 Å². The molecule has 1 aromatic rings. The van der Waals surface area contributed by atoms with Crippen molar-refractivity contribution in [2.75, 3.05) is 6.61 Å². The van der Waals surface area contributed by atoms with Gasteiger partial charge in [0.1, 0.15) is 5.76 Å². The third-order valence-electron chi connectivity index (χ3n) is 2.10. The van der Waals surface area contributed by atoms with E-state index in [0.717, 1.165) is 11.1 Å². The Kier molecular flexibility index (Phi) is 3.50. The van der Waals surface area contributed by atoms with Gasteiger partial charge in [0.25, 0.3) is 0 Å². The van der Waals surface area contributed by atoms with E-state index in [2.05, 4.69) is 6.58 Å². The maximum Gasteiger partial charge on any atom is 0.335 e. The van der Waals surface area contributed by atoms with Crippen LogP contribution in [0.4, 0.5) is 0 Å². The zero-order valence-corrected chi connectivity index (χ0v) is 8.91. The maximum absolute atomic E-state index is 10.8. The summed E-state index contributed by atoms with van der Waals surface area (Å²) in [7, 11) is 0. The summed E-state index contributed by atoms with van der Waals surface area (Å²) in [6, 6.07) is 4.90. The monoisotopic (exact) mass is 206 g/mol. The topological polar surface area (TPSA) is 46.5 Å². The van der Waals surface area contributed by atoms with Crippen LogP contribution in [-0.2, 0) is 4.74 Å². The quantitative estimate of drug-likeness (QED) is 0.770. The van der Waals surface area contributed by atoms with Gasteiger partial charge in [0.05, 0.1) is 12.2 Å². The minimum absolute atomic E-state index is 0.247. The summed E-state index contributed by atoms with van der Waals surface area (Å²) in [6.07, 6.45) is 0. The smallest absolute Gasteiger partial charge is 0.335 e. The number of carboxylic acids is 1. The fourth-order valence-electron chi connectivity index (χ4n) is 1.31. The van der Waals surface area contributed by atoms with E-state index in [9.17, 15) is 4.79 Å². The van der Waals surface area contributed by atoms with Crippen molar-refractivity contribution < 1.29 is 14.6 Å². The van der Waals surface area contributed by atoms with Crippen molar-refractivity contribution in [3.05, 3.63) is 41.5 Å². The van der Waals surface area contributed by atoms with Crippen LogP contribution in [0, 0.1) is 6.92 Å². The molecule has 0 aliphatic rings. The normalized spacial score (nSPS) is 9.73. The van der Waals surface area contributed by atoms with Crippen molar-refractivity contribution in [1.82, 2.24) is 0 Å². The van der Waals surface area contributed by atoms with Crippen LogP contribution in [-0.4, -0.2) is 17.7 Å². The summed E-state index contributed by atoms with van der Waals surface area (Å²) in [5, 5.41) is 8.84. The van der Waals surface area contributed by atoms with E-state index in [-0.39, 0.29) is 5.56 Å². The van der Waals surface area contributed by atoms with E-state index in [1.165, 1.54) is 0 Å². The van der Waals surface area contributed by atoms with E-state index in [1.54, 1.807) is 18.2 Å². The lowest BCUT2D eigenvalue weighted by Crippen LogP contribution is -2.00. The minimum Gasteiger partial charge on any atom is -0.494 e. The van der Waals surface area contributed by atoms with Gasteiger partial charge in [-0.1, -0.05) is 12.6 Å².